The van der Waals surface area contributed by atoms with E-state index in [9.17, 15) is 20.2 Å². The second-order valence-corrected chi connectivity index (χ2v) is 4.88. The lowest BCUT2D eigenvalue weighted by Crippen LogP contribution is -1.90. The van der Waals surface area contributed by atoms with Crippen molar-refractivity contribution >= 4 is 36.0 Å². The highest BCUT2D eigenvalue weighted by Crippen LogP contribution is 2.19. The Hall–Kier alpha value is -3.94. The van der Waals surface area contributed by atoms with Crippen LogP contribution in [0.4, 0.5) is 11.4 Å². The number of nitro benzene ring substituents is 2. The van der Waals surface area contributed by atoms with Crippen LogP contribution < -0.4 is 0 Å². The summed E-state index contributed by atoms with van der Waals surface area (Å²) in [6, 6.07) is 12.7. The minimum Gasteiger partial charge on any atom is -0.258 e. The number of benzene rings is 2. The second-order valence-electron chi connectivity index (χ2n) is 4.88. The fourth-order valence-corrected chi connectivity index (χ4v) is 2.04. The van der Waals surface area contributed by atoms with Gasteiger partial charge in [-0.2, -0.15) is 10.2 Å². The van der Waals surface area contributed by atoms with Gasteiger partial charge in [-0.3, -0.25) is 20.2 Å². The summed E-state index contributed by atoms with van der Waals surface area (Å²) in [4.78, 5) is 20.8. The summed E-state index contributed by atoms with van der Waals surface area (Å²) in [6.45, 7) is 0. The topological polar surface area (TPSA) is 111 Å². The van der Waals surface area contributed by atoms with Crippen LogP contribution in [0.3, 0.4) is 0 Å². The molecule has 8 nitrogen and oxygen atoms in total. The first-order chi connectivity index (χ1) is 12.6. The first kappa shape index (κ1) is 18.4. The zero-order valence-electron chi connectivity index (χ0n) is 13.5. The standard InChI is InChI=1S/C18H14N4O4/c23-21(24)17-11-3-1-7-15(17)9-5-13-19-20-14-6-10-16-8-2-4-12-18(16)22(25)26/h1-14H/b9-5+,10-6+,19-13-,20-14-. The first-order valence-corrected chi connectivity index (χ1v) is 7.46. The summed E-state index contributed by atoms with van der Waals surface area (Å²) in [6.07, 6.45) is 8.94. The molecule has 2 rings (SSSR count). The SMILES string of the molecule is O=[N+]([O-])c1ccccc1/C=C/C=N\N=C/C=C/c1ccccc1[N+](=O)[O-]. The zero-order valence-corrected chi connectivity index (χ0v) is 13.5. The largest absolute Gasteiger partial charge is 0.276 e. The van der Waals surface area contributed by atoms with E-state index in [-0.39, 0.29) is 11.4 Å². The van der Waals surface area contributed by atoms with Crippen LogP contribution in [0.1, 0.15) is 11.1 Å². The van der Waals surface area contributed by atoms with Gasteiger partial charge in [0, 0.05) is 24.6 Å². The fourth-order valence-electron chi connectivity index (χ4n) is 2.04. The molecule has 0 heterocycles. The maximum atomic E-state index is 10.9. The van der Waals surface area contributed by atoms with Crippen LogP contribution >= 0.6 is 0 Å². The lowest BCUT2D eigenvalue weighted by atomic mass is 10.1. The van der Waals surface area contributed by atoms with E-state index in [4.69, 9.17) is 0 Å². The number of hydrogen-bond donors (Lipinski definition) is 0. The molecule has 0 aliphatic rings. The molecule has 8 heteroatoms. The maximum absolute atomic E-state index is 10.9. The molecule has 0 saturated heterocycles. The Morgan fingerprint density at radius 2 is 1.08 bits per heavy atom. The van der Waals surface area contributed by atoms with Gasteiger partial charge in [-0.05, 0) is 36.4 Å². The van der Waals surface area contributed by atoms with Crippen molar-refractivity contribution in [1.29, 1.82) is 0 Å². The molecule has 0 amide bonds. The highest BCUT2D eigenvalue weighted by atomic mass is 16.6. The van der Waals surface area contributed by atoms with Crippen LogP contribution in [0.5, 0.6) is 0 Å². The first-order valence-electron chi connectivity index (χ1n) is 7.46. The van der Waals surface area contributed by atoms with Crippen molar-refractivity contribution in [3.8, 4) is 0 Å². The van der Waals surface area contributed by atoms with E-state index in [1.807, 2.05) is 0 Å². The number of para-hydroxylation sites is 2. The number of rotatable bonds is 7. The number of allylic oxidation sites excluding steroid dienone is 2. The van der Waals surface area contributed by atoms with Crippen LogP contribution in [0.25, 0.3) is 12.2 Å². The predicted octanol–water partition coefficient (Wildman–Crippen LogP) is 4.29. The third kappa shape index (κ3) is 5.31. The highest BCUT2D eigenvalue weighted by molar-refractivity contribution is 5.82. The molecular formula is C18H14N4O4. The molecule has 0 bridgehead atoms. The third-order valence-corrected chi connectivity index (χ3v) is 3.19. The average molecular weight is 350 g/mol. The summed E-state index contributed by atoms with van der Waals surface area (Å²) in [5.41, 5.74) is 0.939. The Morgan fingerprint density at radius 3 is 1.46 bits per heavy atom. The van der Waals surface area contributed by atoms with E-state index in [0.29, 0.717) is 11.1 Å². The molecular weight excluding hydrogens is 336 g/mol. The van der Waals surface area contributed by atoms with Gasteiger partial charge in [0.15, 0.2) is 0 Å². The highest BCUT2D eigenvalue weighted by Gasteiger charge is 2.09. The van der Waals surface area contributed by atoms with E-state index >= 15 is 0 Å². The van der Waals surface area contributed by atoms with Crippen molar-refractivity contribution in [3.05, 3.63) is 92.0 Å². The average Bonchev–Trinajstić information content (AvgIpc) is 2.64. The van der Waals surface area contributed by atoms with Gasteiger partial charge >= 0.3 is 0 Å². The number of nitro groups is 2. The van der Waals surface area contributed by atoms with Crippen LogP contribution in [-0.4, -0.2) is 22.3 Å². The lowest BCUT2D eigenvalue weighted by Gasteiger charge is -1.95. The maximum Gasteiger partial charge on any atom is 0.276 e. The van der Waals surface area contributed by atoms with E-state index in [1.165, 1.54) is 36.7 Å². The minimum absolute atomic E-state index is 0.00744. The van der Waals surface area contributed by atoms with E-state index < -0.39 is 9.85 Å². The molecule has 2 aromatic rings. The number of hydrogen-bond acceptors (Lipinski definition) is 6. The molecule has 2 aromatic carbocycles. The Bertz CT molecular complexity index is 841. The second kappa shape index (κ2) is 9.38. The Labute approximate surface area is 148 Å². The van der Waals surface area contributed by atoms with Crippen molar-refractivity contribution < 1.29 is 9.85 Å². The fraction of sp³-hybridized carbons (Fsp3) is 0. The van der Waals surface area contributed by atoms with Gasteiger partial charge < -0.3 is 0 Å². The van der Waals surface area contributed by atoms with Crippen LogP contribution in [-0.2, 0) is 0 Å². The molecule has 0 spiro atoms. The summed E-state index contributed by atoms with van der Waals surface area (Å²) in [5, 5.41) is 29.3. The molecule has 26 heavy (non-hydrogen) atoms. The molecule has 0 aliphatic heterocycles. The van der Waals surface area contributed by atoms with Crippen LogP contribution in [0.15, 0.2) is 70.9 Å². The van der Waals surface area contributed by atoms with Crippen molar-refractivity contribution in [3.63, 3.8) is 0 Å². The van der Waals surface area contributed by atoms with Crippen molar-refractivity contribution in [2.24, 2.45) is 10.2 Å². The Morgan fingerprint density at radius 1 is 0.692 bits per heavy atom. The van der Waals surface area contributed by atoms with Gasteiger partial charge in [-0.1, -0.05) is 24.3 Å². The molecule has 0 unspecified atom stereocenters. The van der Waals surface area contributed by atoms with Crippen molar-refractivity contribution in [1.82, 2.24) is 0 Å². The quantitative estimate of drug-likeness (QED) is 0.421. The predicted molar refractivity (Wildman–Crippen MR) is 101 cm³/mol. The van der Waals surface area contributed by atoms with Gasteiger partial charge in [0.2, 0.25) is 0 Å². The smallest absolute Gasteiger partial charge is 0.258 e. The molecule has 0 atom stereocenters. The third-order valence-electron chi connectivity index (χ3n) is 3.19. The van der Waals surface area contributed by atoms with Crippen LogP contribution in [0, 0.1) is 20.2 Å². The van der Waals surface area contributed by atoms with E-state index in [0.717, 1.165) is 0 Å². The van der Waals surface area contributed by atoms with Crippen LogP contribution in [0.2, 0.25) is 0 Å². The summed E-state index contributed by atoms with van der Waals surface area (Å²) < 4.78 is 0. The molecule has 130 valence electrons. The Balaban J connectivity index is 1.95. The van der Waals surface area contributed by atoms with E-state index in [2.05, 4.69) is 10.2 Å². The number of nitrogens with zero attached hydrogens (tertiary/aromatic N) is 4. The summed E-state index contributed by atoms with van der Waals surface area (Å²) in [5.74, 6) is 0. The van der Waals surface area contributed by atoms with Gasteiger partial charge in [0.1, 0.15) is 0 Å². The Kier molecular flexibility index (Phi) is 6.64. The van der Waals surface area contributed by atoms with Crippen molar-refractivity contribution in [2.45, 2.75) is 0 Å². The zero-order chi connectivity index (χ0) is 18.8. The molecule has 0 aromatic heterocycles. The molecule has 0 radical (unpaired) electrons. The van der Waals surface area contributed by atoms with Gasteiger partial charge in [0.05, 0.1) is 21.0 Å². The van der Waals surface area contributed by atoms with Gasteiger partial charge in [-0.25, -0.2) is 0 Å². The molecule has 0 saturated carbocycles. The van der Waals surface area contributed by atoms with Gasteiger partial charge in [-0.15, -0.1) is 0 Å². The van der Waals surface area contributed by atoms with Crippen molar-refractivity contribution in [2.75, 3.05) is 0 Å². The summed E-state index contributed by atoms with van der Waals surface area (Å²) >= 11 is 0. The van der Waals surface area contributed by atoms with E-state index in [1.54, 1.807) is 48.6 Å². The van der Waals surface area contributed by atoms with Gasteiger partial charge in [0.25, 0.3) is 11.4 Å². The normalized spacial score (nSPS) is 11.8. The summed E-state index contributed by atoms with van der Waals surface area (Å²) in [7, 11) is 0. The monoisotopic (exact) mass is 350 g/mol. The molecule has 0 N–H and O–H groups in total. The minimum atomic E-state index is -0.456. The molecule has 0 aliphatic carbocycles. The molecule has 0 fully saturated rings. The lowest BCUT2D eigenvalue weighted by molar-refractivity contribution is -0.385.